The Labute approximate surface area is 112 Å². The van der Waals surface area contributed by atoms with Crippen LogP contribution in [0.15, 0.2) is 42.4 Å². The molecule has 7 nitrogen and oxygen atoms in total. The van der Waals surface area contributed by atoms with Gasteiger partial charge in [-0.05, 0) is 24.3 Å². The molecule has 0 saturated heterocycles. The Hall–Kier alpha value is -2.06. The lowest BCUT2D eigenvalue weighted by molar-refractivity contribution is 0.490. The Morgan fingerprint density at radius 3 is 2.42 bits per heavy atom. The Bertz CT molecular complexity index is 570. The average molecular weight is 284 g/mol. The molecule has 1 aromatic rings. The van der Waals surface area contributed by atoms with Crippen molar-refractivity contribution in [2.75, 3.05) is 23.4 Å². The maximum Gasteiger partial charge on any atom is 0.261 e. The summed E-state index contributed by atoms with van der Waals surface area (Å²) in [5.74, 6) is 0.532. The Morgan fingerprint density at radius 1 is 1.37 bits per heavy atom. The second-order valence-corrected chi connectivity index (χ2v) is 5.31. The second kappa shape index (κ2) is 6.21. The van der Waals surface area contributed by atoms with Gasteiger partial charge in [0.05, 0.1) is 18.1 Å². The molecule has 0 fully saturated rings. The number of anilines is 2. The van der Waals surface area contributed by atoms with Gasteiger partial charge in [0.1, 0.15) is 5.82 Å². The van der Waals surface area contributed by atoms with Crippen LogP contribution in [0.2, 0.25) is 0 Å². The first-order chi connectivity index (χ1) is 8.75. The fourth-order valence-corrected chi connectivity index (χ4v) is 1.27. The van der Waals surface area contributed by atoms with Crippen LogP contribution in [0.25, 0.3) is 0 Å². The quantitative estimate of drug-likeness (QED) is 0.635. The van der Waals surface area contributed by atoms with Crippen molar-refractivity contribution in [3.63, 3.8) is 0 Å². The first kappa shape index (κ1) is 15.0. The van der Waals surface area contributed by atoms with E-state index >= 15 is 0 Å². The van der Waals surface area contributed by atoms with Crippen molar-refractivity contribution in [3.8, 4) is 0 Å². The number of rotatable bonds is 1. The third-order valence-electron chi connectivity index (χ3n) is 2.07. The minimum absolute atomic E-state index is 0.532. The highest BCUT2D eigenvalue weighted by molar-refractivity contribution is 7.85. The van der Waals surface area contributed by atoms with Crippen molar-refractivity contribution < 1.29 is 13.0 Å². The van der Waals surface area contributed by atoms with E-state index in [1.165, 1.54) is 0 Å². The topological polar surface area (TPSA) is 123 Å². The van der Waals surface area contributed by atoms with E-state index in [4.69, 9.17) is 16.0 Å². The van der Waals surface area contributed by atoms with Gasteiger partial charge in [-0.2, -0.15) is 8.42 Å². The van der Waals surface area contributed by atoms with E-state index < -0.39 is 10.1 Å². The maximum atomic E-state index is 9.19. The molecule has 8 heteroatoms. The maximum absolute atomic E-state index is 9.19. The van der Waals surface area contributed by atoms with Crippen LogP contribution in [0.1, 0.15) is 0 Å². The molecular formula is C11H16N4O3S. The molecular weight excluding hydrogens is 268 g/mol. The molecule has 2 heterocycles. The summed E-state index contributed by atoms with van der Waals surface area (Å²) in [6.07, 6.45) is 8.21. The van der Waals surface area contributed by atoms with Crippen LogP contribution in [0.5, 0.6) is 0 Å². The first-order valence-corrected chi connectivity index (χ1v) is 7.15. The third-order valence-corrected chi connectivity index (χ3v) is 2.07. The van der Waals surface area contributed by atoms with Crippen LogP contribution >= 0.6 is 0 Å². The predicted octanol–water partition coefficient (Wildman–Crippen LogP) is 0.344. The molecule has 2 rings (SSSR count). The summed E-state index contributed by atoms with van der Waals surface area (Å²) >= 11 is 0. The van der Waals surface area contributed by atoms with Crippen LogP contribution in [0.3, 0.4) is 0 Å². The Kier molecular flexibility index (Phi) is 4.90. The number of aromatic nitrogens is 1. The normalized spacial score (nSPS) is 14.4. The molecule has 1 aliphatic rings. The summed E-state index contributed by atoms with van der Waals surface area (Å²) in [5.41, 5.74) is 12.9. The molecule has 0 unspecified atom stereocenters. The Morgan fingerprint density at radius 2 is 2.00 bits per heavy atom. The van der Waals surface area contributed by atoms with Gasteiger partial charge in [-0.25, -0.2) is 4.98 Å². The molecule has 0 saturated carbocycles. The van der Waals surface area contributed by atoms with Crippen molar-refractivity contribution in [1.29, 1.82) is 0 Å². The van der Waals surface area contributed by atoms with Crippen LogP contribution < -0.4 is 16.4 Å². The van der Waals surface area contributed by atoms with E-state index in [1.54, 1.807) is 12.3 Å². The molecule has 104 valence electrons. The zero-order chi connectivity index (χ0) is 14.5. The number of nitrogens with two attached hydrogens (primary N) is 2. The molecule has 1 aliphatic heterocycles. The van der Waals surface area contributed by atoms with Crippen molar-refractivity contribution in [2.24, 2.45) is 5.73 Å². The molecule has 0 radical (unpaired) electrons. The van der Waals surface area contributed by atoms with Gasteiger partial charge in [-0.3, -0.25) is 4.55 Å². The van der Waals surface area contributed by atoms with E-state index in [0.29, 0.717) is 12.1 Å². The molecule has 0 aliphatic carbocycles. The lowest BCUT2D eigenvalue weighted by Crippen LogP contribution is -2.20. The van der Waals surface area contributed by atoms with Crippen LogP contribution in [0.4, 0.5) is 11.5 Å². The molecule has 0 atom stereocenters. The van der Waals surface area contributed by atoms with E-state index in [9.17, 15) is 8.42 Å². The van der Waals surface area contributed by atoms with Crippen molar-refractivity contribution in [1.82, 2.24) is 4.98 Å². The number of nitrogen functional groups attached to an aromatic ring is 1. The SMILES string of the molecule is CS(=O)(=O)O.NC1=CCN(c2ccc(N)nc2)C=C1. The van der Waals surface area contributed by atoms with Gasteiger partial charge in [-0.15, -0.1) is 0 Å². The standard InChI is InChI=1S/C10H12N4.CH4O3S/c11-8-3-5-14(6-4-8)9-1-2-10(12)13-7-9;1-5(2,3)4/h1-5,7H,6,11H2,(H2,12,13);1H3,(H,2,3,4). The minimum atomic E-state index is -3.67. The number of allylic oxidation sites excluding steroid dienone is 1. The van der Waals surface area contributed by atoms with Gasteiger partial charge in [0, 0.05) is 18.4 Å². The predicted molar refractivity (Wildman–Crippen MR) is 74.9 cm³/mol. The van der Waals surface area contributed by atoms with E-state index in [-0.39, 0.29) is 0 Å². The highest BCUT2D eigenvalue weighted by atomic mass is 32.2. The zero-order valence-electron chi connectivity index (χ0n) is 10.4. The molecule has 0 bridgehead atoms. The monoisotopic (exact) mass is 284 g/mol. The molecule has 19 heavy (non-hydrogen) atoms. The fourth-order valence-electron chi connectivity index (χ4n) is 1.27. The number of nitrogens with zero attached hydrogens (tertiary/aromatic N) is 2. The van der Waals surface area contributed by atoms with E-state index in [1.807, 2.05) is 29.3 Å². The number of hydrogen-bond acceptors (Lipinski definition) is 6. The van der Waals surface area contributed by atoms with Gasteiger partial charge in [0.15, 0.2) is 0 Å². The van der Waals surface area contributed by atoms with Gasteiger partial charge in [0.2, 0.25) is 0 Å². The molecule has 5 N–H and O–H groups in total. The second-order valence-electron chi connectivity index (χ2n) is 3.85. The number of pyridine rings is 1. The summed E-state index contributed by atoms with van der Waals surface area (Å²) in [7, 11) is -3.67. The summed E-state index contributed by atoms with van der Waals surface area (Å²) in [6, 6.07) is 3.72. The van der Waals surface area contributed by atoms with Crippen molar-refractivity contribution in [2.45, 2.75) is 0 Å². The molecule has 0 amide bonds. The van der Waals surface area contributed by atoms with Crippen molar-refractivity contribution in [3.05, 3.63) is 42.4 Å². The van der Waals surface area contributed by atoms with E-state index in [2.05, 4.69) is 4.98 Å². The van der Waals surface area contributed by atoms with Gasteiger partial charge in [0.25, 0.3) is 10.1 Å². The third kappa shape index (κ3) is 6.43. The highest BCUT2D eigenvalue weighted by Gasteiger charge is 2.04. The van der Waals surface area contributed by atoms with Gasteiger partial charge >= 0.3 is 0 Å². The summed E-state index contributed by atoms with van der Waals surface area (Å²) in [4.78, 5) is 6.07. The van der Waals surface area contributed by atoms with Crippen LogP contribution in [0, 0.1) is 0 Å². The molecule has 0 aromatic carbocycles. The Balaban J connectivity index is 0.000000312. The largest absolute Gasteiger partial charge is 0.399 e. The lowest BCUT2D eigenvalue weighted by Gasteiger charge is -2.21. The first-order valence-electron chi connectivity index (χ1n) is 5.30. The molecule has 1 aromatic heterocycles. The van der Waals surface area contributed by atoms with Gasteiger partial charge < -0.3 is 16.4 Å². The zero-order valence-corrected chi connectivity index (χ0v) is 11.2. The summed E-state index contributed by atoms with van der Waals surface area (Å²) < 4.78 is 25.9. The van der Waals surface area contributed by atoms with E-state index in [0.717, 1.165) is 17.9 Å². The lowest BCUT2D eigenvalue weighted by atomic mass is 10.2. The molecule has 0 spiro atoms. The average Bonchev–Trinajstić information content (AvgIpc) is 2.29. The van der Waals surface area contributed by atoms with Crippen LogP contribution in [-0.4, -0.2) is 30.8 Å². The smallest absolute Gasteiger partial charge is 0.261 e. The number of hydrogen-bond donors (Lipinski definition) is 3. The summed E-state index contributed by atoms with van der Waals surface area (Å²) in [6.45, 7) is 0.772. The minimum Gasteiger partial charge on any atom is -0.399 e. The fraction of sp³-hybridized carbons (Fsp3) is 0.182. The van der Waals surface area contributed by atoms with Crippen LogP contribution in [-0.2, 0) is 10.1 Å². The summed E-state index contributed by atoms with van der Waals surface area (Å²) in [5, 5.41) is 0. The van der Waals surface area contributed by atoms with Crippen molar-refractivity contribution >= 4 is 21.6 Å². The highest BCUT2D eigenvalue weighted by Crippen LogP contribution is 2.16. The van der Waals surface area contributed by atoms with Gasteiger partial charge in [-0.1, -0.05) is 0 Å².